The highest BCUT2D eigenvalue weighted by Gasteiger charge is 2.30. The fourth-order valence-corrected chi connectivity index (χ4v) is 0.982. The van der Waals surface area contributed by atoms with Crippen LogP contribution >= 0.6 is 0 Å². The molecule has 0 aliphatic carbocycles. The van der Waals surface area contributed by atoms with Gasteiger partial charge in [0.25, 0.3) is 0 Å². The van der Waals surface area contributed by atoms with Gasteiger partial charge in [0.15, 0.2) is 0 Å². The number of ether oxygens (including phenoxy) is 1. The normalized spacial score (nSPS) is 11.4. The Labute approximate surface area is 80.5 Å². The summed E-state index contributed by atoms with van der Waals surface area (Å²) < 4.78 is 41.8. The average Bonchev–Trinajstić information content (AvgIpc) is 2.14. The van der Waals surface area contributed by atoms with E-state index in [2.05, 4.69) is 0 Å². The van der Waals surface area contributed by atoms with Crippen molar-refractivity contribution < 1.29 is 17.9 Å². The maximum atomic E-state index is 12.2. The van der Waals surface area contributed by atoms with Crippen LogP contribution in [0.15, 0.2) is 24.3 Å². The van der Waals surface area contributed by atoms with E-state index < -0.39 is 11.7 Å². The molecule has 1 aromatic carbocycles. The van der Waals surface area contributed by atoms with E-state index in [1.807, 2.05) is 6.92 Å². The van der Waals surface area contributed by atoms with E-state index in [-0.39, 0.29) is 5.75 Å². The number of halogens is 3. The second-order valence-corrected chi connectivity index (χ2v) is 2.87. The van der Waals surface area contributed by atoms with Gasteiger partial charge in [0.05, 0.1) is 12.2 Å². The number of benzene rings is 1. The van der Waals surface area contributed by atoms with Crippen LogP contribution in [0.3, 0.4) is 0 Å². The maximum absolute atomic E-state index is 12.2. The molecule has 0 aliphatic heterocycles. The van der Waals surface area contributed by atoms with Crippen molar-refractivity contribution in [1.82, 2.24) is 0 Å². The summed E-state index contributed by atoms with van der Waals surface area (Å²) in [5.41, 5.74) is -0.675. The molecule has 1 aromatic rings. The van der Waals surface area contributed by atoms with E-state index in [9.17, 15) is 13.2 Å². The summed E-state index contributed by atoms with van der Waals surface area (Å²) in [5, 5.41) is 0. The highest BCUT2D eigenvalue weighted by molar-refractivity contribution is 5.30. The first-order valence-corrected chi connectivity index (χ1v) is 4.34. The molecule has 0 saturated carbocycles. The molecule has 4 heteroatoms. The zero-order valence-electron chi connectivity index (χ0n) is 7.77. The molecule has 0 saturated heterocycles. The highest BCUT2D eigenvalue weighted by Crippen LogP contribution is 2.31. The van der Waals surface area contributed by atoms with Crippen molar-refractivity contribution in [2.24, 2.45) is 0 Å². The molecule has 0 aliphatic rings. The minimum atomic E-state index is -4.30. The molecule has 1 nitrogen and oxygen atoms in total. The van der Waals surface area contributed by atoms with Crippen LogP contribution in [-0.2, 0) is 6.18 Å². The third-order valence-corrected chi connectivity index (χ3v) is 1.63. The van der Waals surface area contributed by atoms with Gasteiger partial charge in [-0.25, -0.2) is 0 Å². The minimum absolute atomic E-state index is 0.265. The van der Waals surface area contributed by atoms with Gasteiger partial charge in [0.1, 0.15) is 5.75 Å². The van der Waals surface area contributed by atoms with Crippen molar-refractivity contribution in [2.45, 2.75) is 19.5 Å². The molecule has 0 fully saturated rings. The average molecular weight is 204 g/mol. The topological polar surface area (TPSA) is 9.23 Å². The van der Waals surface area contributed by atoms with Crippen LogP contribution in [0.25, 0.3) is 0 Å². The Morgan fingerprint density at radius 3 is 2.57 bits per heavy atom. The van der Waals surface area contributed by atoms with Crippen molar-refractivity contribution in [1.29, 1.82) is 0 Å². The van der Waals surface area contributed by atoms with Gasteiger partial charge in [-0.05, 0) is 24.6 Å². The summed E-state index contributed by atoms with van der Waals surface area (Å²) in [6.45, 7) is 2.33. The van der Waals surface area contributed by atoms with Gasteiger partial charge in [-0.15, -0.1) is 0 Å². The van der Waals surface area contributed by atoms with E-state index in [1.54, 1.807) is 0 Å². The summed E-state index contributed by atoms with van der Waals surface area (Å²) >= 11 is 0. The summed E-state index contributed by atoms with van der Waals surface area (Å²) in [4.78, 5) is 0. The third kappa shape index (κ3) is 2.94. The molecule has 0 radical (unpaired) electrons. The molecular weight excluding hydrogens is 193 g/mol. The lowest BCUT2D eigenvalue weighted by Gasteiger charge is -2.09. The van der Waals surface area contributed by atoms with Crippen molar-refractivity contribution in [3.8, 4) is 5.75 Å². The van der Waals surface area contributed by atoms with E-state index in [0.717, 1.165) is 18.6 Å². The standard InChI is InChI=1S/C10H11F3O/c1-2-6-14-9-5-3-4-8(7-9)10(11,12)13/h3-5,7H,2,6H2,1H3. The van der Waals surface area contributed by atoms with Crippen LogP contribution in [0.4, 0.5) is 13.2 Å². The predicted molar refractivity (Wildman–Crippen MR) is 47.2 cm³/mol. The molecule has 0 bridgehead atoms. The molecular formula is C10H11F3O. The van der Waals surface area contributed by atoms with Gasteiger partial charge in [-0.2, -0.15) is 13.2 Å². The number of hydrogen-bond donors (Lipinski definition) is 0. The van der Waals surface area contributed by atoms with Crippen molar-refractivity contribution >= 4 is 0 Å². The SMILES string of the molecule is CCCOc1cccc(C(F)(F)F)c1. The van der Waals surface area contributed by atoms with Gasteiger partial charge in [-0.1, -0.05) is 13.0 Å². The molecule has 78 valence electrons. The Bertz CT molecular complexity index is 294. The first kappa shape index (κ1) is 10.9. The summed E-state index contributed by atoms with van der Waals surface area (Å²) in [6, 6.07) is 4.90. The van der Waals surface area contributed by atoms with Gasteiger partial charge in [-0.3, -0.25) is 0 Å². The van der Waals surface area contributed by atoms with Gasteiger partial charge in [0.2, 0.25) is 0 Å². The Balaban J connectivity index is 2.79. The minimum Gasteiger partial charge on any atom is -0.494 e. The molecule has 0 N–H and O–H groups in total. The molecule has 1 rings (SSSR count). The van der Waals surface area contributed by atoms with Crippen molar-refractivity contribution in [3.63, 3.8) is 0 Å². The van der Waals surface area contributed by atoms with Gasteiger partial charge in [0, 0.05) is 0 Å². The molecule has 0 amide bonds. The molecule has 0 spiro atoms. The van der Waals surface area contributed by atoms with Crippen LogP contribution in [0.2, 0.25) is 0 Å². The predicted octanol–water partition coefficient (Wildman–Crippen LogP) is 3.49. The summed E-state index contributed by atoms with van der Waals surface area (Å²) in [6.07, 6.45) is -3.53. The molecule has 0 heterocycles. The Morgan fingerprint density at radius 1 is 1.29 bits per heavy atom. The van der Waals surface area contributed by atoms with Crippen LogP contribution in [0.1, 0.15) is 18.9 Å². The lowest BCUT2D eigenvalue weighted by atomic mass is 10.2. The fourth-order valence-electron chi connectivity index (χ4n) is 0.982. The van der Waals surface area contributed by atoms with E-state index in [1.165, 1.54) is 12.1 Å². The Morgan fingerprint density at radius 2 is 2.00 bits per heavy atom. The second kappa shape index (κ2) is 4.35. The Hall–Kier alpha value is -1.19. The monoisotopic (exact) mass is 204 g/mol. The van der Waals surface area contributed by atoms with Crippen molar-refractivity contribution in [3.05, 3.63) is 29.8 Å². The highest BCUT2D eigenvalue weighted by atomic mass is 19.4. The molecule has 14 heavy (non-hydrogen) atoms. The summed E-state index contributed by atoms with van der Waals surface area (Å²) in [7, 11) is 0. The first-order valence-electron chi connectivity index (χ1n) is 4.34. The smallest absolute Gasteiger partial charge is 0.416 e. The van der Waals surface area contributed by atoms with Gasteiger partial charge >= 0.3 is 6.18 Å². The van der Waals surface area contributed by atoms with Crippen LogP contribution < -0.4 is 4.74 Å². The van der Waals surface area contributed by atoms with E-state index in [4.69, 9.17) is 4.74 Å². The zero-order chi connectivity index (χ0) is 10.6. The molecule has 0 unspecified atom stereocenters. The quantitative estimate of drug-likeness (QED) is 0.732. The Kier molecular flexibility index (Phi) is 3.38. The number of alkyl halides is 3. The molecule has 0 aromatic heterocycles. The van der Waals surface area contributed by atoms with Crippen LogP contribution in [-0.4, -0.2) is 6.61 Å². The zero-order valence-corrected chi connectivity index (χ0v) is 7.77. The third-order valence-electron chi connectivity index (χ3n) is 1.63. The first-order chi connectivity index (χ1) is 6.54. The van der Waals surface area contributed by atoms with Crippen molar-refractivity contribution in [2.75, 3.05) is 6.61 Å². The lowest BCUT2D eigenvalue weighted by molar-refractivity contribution is -0.137. The molecule has 0 atom stereocenters. The number of hydrogen-bond acceptors (Lipinski definition) is 1. The lowest BCUT2D eigenvalue weighted by Crippen LogP contribution is -2.05. The van der Waals surface area contributed by atoms with Gasteiger partial charge < -0.3 is 4.74 Å². The number of rotatable bonds is 3. The van der Waals surface area contributed by atoms with Crippen LogP contribution in [0, 0.1) is 0 Å². The van der Waals surface area contributed by atoms with E-state index >= 15 is 0 Å². The largest absolute Gasteiger partial charge is 0.494 e. The van der Waals surface area contributed by atoms with Crippen LogP contribution in [0.5, 0.6) is 5.75 Å². The summed E-state index contributed by atoms with van der Waals surface area (Å²) in [5.74, 6) is 0.265. The van der Waals surface area contributed by atoms with E-state index in [0.29, 0.717) is 6.61 Å². The second-order valence-electron chi connectivity index (χ2n) is 2.87. The fraction of sp³-hybridized carbons (Fsp3) is 0.400. The maximum Gasteiger partial charge on any atom is 0.416 e.